The molecule has 2 amide bonds. The van der Waals surface area contributed by atoms with E-state index in [0.717, 1.165) is 24.2 Å². The molecule has 0 unspecified atom stereocenters. The number of esters is 1. The van der Waals surface area contributed by atoms with Crippen LogP contribution in [0.3, 0.4) is 0 Å². The maximum absolute atomic E-state index is 13.0. The Kier molecular flexibility index (Phi) is 7.47. The quantitative estimate of drug-likeness (QED) is 0.437. The fraction of sp³-hybridized carbons (Fsp3) is 0.292. The van der Waals surface area contributed by atoms with Crippen molar-refractivity contribution < 1.29 is 19.1 Å². The van der Waals surface area contributed by atoms with Crippen LogP contribution in [-0.2, 0) is 20.7 Å². The van der Waals surface area contributed by atoms with E-state index in [-0.39, 0.29) is 22.0 Å². The largest absolute Gasteiger partial charge is 0.462 e. The summed E-state index contributed by atoms with van der Waals surface area (Å²) in [6.45, 7) is 4.33. The third-order valence-electron chi connectivity index (χ3n) is 4.85. The van der Waals surface area contributed by atoms with Crippen LogP contribution in [0.25, 0.3) is 0 Å². The van der Waals surface area contributed by atoms with Crippen LogP contribution in [0.4, 0.5) is 11.4 Å². The predicted octanol–water partition coefficient (Wildman–Crippen LogP) is 5.03. The number of unbranched alkanes of at least 4 members (excludes halogenated alkanes) is 1. The molecule has 1 N–H and O–H groups in total. The van der Waals surface area contributed by atoms with Gasteiger partial charge in [0.15, 0.2) is 0 Å². The number of anilines is 2. The Bertz CT molecular complexity index is 1010. The van der Waals surface area contributed by atoms with Gasteiger partial charge in [0.2, 0.25) is 0 Å². The molecule has 1 heterocycles. The number of halogens is 1. The molecule has 0 bridgehead atoms. The maximum Gasteiger partial charge on any atom is 0.338 e. The van der Waals surface area contributed by atoms with Crippen LogP contribution in [0.1, 0.15) is 49.0 Å². The highest BCUT2D eigenvalue weighted by molar-refractivity contribution is 6.53. The van der Waals surface area contributed by atoms with Crippen LogP contribution in [0.15, 0.2) is 59.3 Å². The molecule has 0 spiro atoms. The van der Waals surface area contributed by atoms with E-state index in [0.29, 0.717) is 18.7 Å². The average Bonchev–Trinajstić information content (AvgIpc) is 3.00. The minimum absolute atomic E-state index is 0.00642. The first-order chi connectivity index (χ1) is 15.0. The third kappa shape index (κ3) is 5.14. The summed E-state index contributed by atoms with van der Waals surface area (Å²) in [5, 5.41) is 2.77. The predicted molar refractivity (Wildman–Crippen MR) is 121 cm³/mol. The van der Waals surface area contributed by atoms with E-state index in [4.69, 9.17) is 16.3 Å². The summed E-state index contributed by atoms with van der Waals surface area (Å²) >= 11 is 6.20. The number of carbonyl (C=O) groups excluding carboxylic acids is 3. The molecule has 2 aromatic rings. The van der Waals surface area contributed by atoms with Gasteiger partial charge < -0.3 is 10.1 Å². The molecule has 6 nitrogen and oxygen atoms in total. The van der Waals surface area contributed by atoms with Gasteiger partial charge in [-0.2, -0.15) is 0 Å². The molecule has 2 aromatic carbocycles. The van der Waals surface area contributed by atoms with Crippen molar-refractivity contribution in [1.82, 2.24) is 0 Å². The molecule has 0 fully saturated rings. The van der Waals surface area contributed by atoms with Crippen molar-refractivity contribution in [3.05, 3.63) is 70.4 Å². The lowest BCUT2D eigenvalue weighted by Gasteiger charge is -2.16. The molecular weight excluding hydrogens is 416 g/mol. The topological polar surface area (TPSA) is 75.7 Å². The van der Waals surface area contributed by atoms with Crippen molar-refractivity contribution in [2.24, 2.45) is 0 Å². The summed E-state index contributed by atoms with van der Waals surface area (Å²) in [6, 6.07) is 13.9. The number of rotatable bonds is 9. The van der Waals surface area contributed by atoms with E-state index in [9.17, 15) is 14.4 Å². The SMILES string of the molecule is CCCCc1ccc(NC2=C(Cl)C(=O)N(c3cccc(C(=O)OCCC)c3)C2=O)cc1. The molecule has 0 aliphatic carbocycles. The number of carbonyl (C=O) groups is 3. The Labute approximate surface area is 186 Å². The van der Waals surface area contributed by atoms with Crippen LogP contribution in [0.5, 0.6) is 0 Å². The van der Waals surface area contributed by atoms with Gasteiger partial charge in [-0.05, 0) is 55.2 Å². The number of ether oxygens (including phenoxy) is 1. The Morgan fingerprint density at radius 3 is 2.45 bits per heavy atom. The average molecular weight is 441 g/mol. The standard InChI is InChI=1S/C24H25ClN2O4/c1-3-5-7-16-10-12-18(13-11-16)26-21-20(25)22(28)27(23(21)29)19-9-6-8-17(15-19)24(30)31-14-4-2/h6,8-13,15,26H,3-5,7,14H2,1-2H3. The number of nitrogens with zero attached hydrogens (tertiary/aromatic N) is 1. The highest BCUT2D eigenvalue weighted by atomic mass is 35.5. The summed E-state index contributed by atoms with van der Waals surface area (Å²) in [6.07, 6.45) is 3.91. The second-order valence-electron chi connectivity index (χ2n) is 7.25. The molecule has 1 aliphatic rings. The van der Waals surface area contributed by atoms with Crippen LogP contribution in [-0.4, -0.2) is 24.4 Å². The van der Waals surface area contributed by atoms with Crippen molar-refractivity contribution in [3.63, 3.8) is 0 Å². The lowest BCUT2D eigenvalue weighted by Crippen LogP contribution is -2.32. The minimum Gasteiger partial charge on any atom is -0.462 e. The van der Waals surface area contributed by atoms with Crippen LogP contribution in [0.2, 0.25) is 0 Å². The fourth-order valence-corrected chi connectivity index (χ4v) is 3.39. The number of hydrogen-bond acceptors (Lipinski definition) is 5. The van der Waals surface area contributed by atoms with E-state index < -0.39 is 17.8 Å². The van der Waals surface area contributed by atoms with E-state index in [1.807, 2.05) is 31.2 Å². The minimum atomic E-state index is -0.646. The van der Waals surface area contributed by atoms with E-state index >= 15 is 0 Å². The first-order valence-corrected chi connectivity index (χ1v) is 10.8. The molecule has 7 heteroatoms. The summed E-state index contributed by atoms with van der Waals surface area (Å²) in [7, 11) is 0. The van der Waals surface area contributed by atoms with E-state index in [1.54, 1.807) is 18.2 Å². The molecule has 3 rings (SSSR count). The monoisotopic (exact) mass is 440 g/mol. The molecule has 0 radical (unpaired) electrons. The number of aryl methyl sites for hydroxylation is 1. The van der Waals surface area contributed by atoms with Gasteiger partial charge in [-0.3, -0.25) is 9.59 Å². The van der Waals surface area contributed by atoms with Crippen molar-refractivity contribution in [1.29, 1.82) is 0 Å². The Morgan fingerprint density at radius 1 is 1.03 bits per heavy atom. The number of imide groups is 1. The lowest BCUT2D eigenvalue weighted by atomic mass is 10.1. The number of hydrogen-bond donors (Lipinski definition) is 1. The smallest absolute Gasteiger partial charge is 0.338 e. The molecule has 0 saturated carbocycles. The van der Waals surface area contributed by atoms with E-state index in [1.165, 1.54) is 11.6 Å². The Balaban J connectivity index is 1.77. The Morgan fingerprint density at radius 2 is 1.77 bits per heavy atom. The van der Waals surface area contributed by atoms with Crippen LogP contribution in [0, 0.1) is 0 Å². The van der Waals surface area contributed by atoms with Gasteiger partial charge in [-0.15, -0.1) is 0 Å². The molecule has 0 aromatic heterocycles. The van der Waals surface area contributed by atoms with Crippen molar-refractivity contribution in [2.75, 3.05) is 16.8 Å². The molecule has 162 valence electrons. The van der Waals surface area contributed by atoms with E-state index in [2.05, 4.69) is 12.2 Å². The maximum atomic E-state index is 13.0. The zero-order valence-electron chi connectivity index (χ0n) is 17.6. The molecule has 0 atom stereocenters. The van der Waals surface area contributed by atoms with Crippen molar-refractivity contribution in [2.45, 2.75) is 39.5 Å². The third-order valence-corrected chi connectivity index (χ3v) is 5.20. The molecule has 1 aliphatic heterocycles. The molecule has 31 heavy (non-hydrogen) atoms. The normalized spacial score (nSPS) is 13.7. The second kappa shape index (κ2) is 10.3. The number of benzene rings is 2. The van der Waals surface area contributed by atoms with Crippen molar-refractivity contribution >= 4 is 40.8 Å². The van der Waals surface area contributed by atoms with Gasteiger partial charge in [0.1, 0.15) is 10.7 Å². The first kappa shape index (κ1) is 22.6. The van der Waals surface area contributed by atoms with Gasteiger partial charge in [0.05, 0.1) is 17.9 Å². The highest BCUT2D eigenvalue weighted by Crippen LogP contribution is 2.30. The summed E-state index contributed by atoms with van der Waals surface area (Å²) in [5.41, 5.74) is 2.38. The van der Waals surface area contributed by atoms with Gasteiger partial charge in [0, 0.05) is 5.69 Å². The van der Waals surface area contributed by atoms with Crippen LogP contribution >= 0.6 is 11.6 Å². The lowest BCUT2D eigenvalue weighted by molar-refractivity contribution is -0.120. The summed E-state index contributed by atoms with van der Waals surface area (Å²) in [5.74, 6) is -1.74. The second-order valence-corrected chi connectivity index (χ2v) is 7.62. The number of amides is 2. The fourth-order valence-electron chi connectivity index (χ4n) is 3.18. The van der Waals surface area contributed by atoms with Gasteiger partial charge >= 0.3 is 5.97 Å². The zero-order valence-corrected chi connectivity index (χ0v) is 18.4. The molecule has 0 saturated heterocycles. The van der Waals surface area contributed by atoms with Crippen LogP contribution < -0.4 is 10.2 Å². The Hall–Kier alpha value is -3.12. The van der Waals surface area contributed by atoms with Gasteiger partial charge in [0.25, 0.3) is 11.8 Å². The van der Waals surface area contributed by atoms with Gasteiger partial charge in [-0.25, -0.2) is 9.69 Å². The highest BCUT2D eigenvalue weighted by Gasteiger charge is 2.39. The number of nitrogens with one attached hydrogen (secondary N) is 1. The summed E-state index contributed by atoms with van der Waals surface area (Å²) < 4.78 is 5.13. The first-order valence-electron chi connectivity index (χ1n) is 10.4. The van der Waals surface area contributed by atoms with Gasteiger partial charge in [-0.1, -0.05) is 50.1 Å². The summed E-state index contributed by atoms with van der Waals surface area (Å²) in [4.78, 5) is 38.8. The van der Waals surface area contributed by atoms with Crippen molar-refractivity contribution in [3.8, 4) is 0 Å². The molecular formula is C24H25ClN2O4. The zero-order chi connectivity index (χ0) is 22.4.